The number of benzene rings is 1. The Morgan fingerprint density at radius 2 is 1.89 bits per heavy atom. The normalized spacial score (nSPS) is 12.6. The minimum Gasteiger partial charge on any atom is -0.492 e. The molecule has 1 amide bonds. The number of carbonyl (C=O) groups is 1. The molecule has 0 unspecified atom stereocenters. The Morgan fingerprint density at radius 3 is 2.44 bits per heavy atom. The van der Waals surface area contributed by atoms with Gasteiger partial charge >= 0.3 is 0 Å². The first-order chi connectivity index (χ1) is 12.6. The molecule has 0 saturated heterocycles. The number of sulfonamides is 1. The Bertz CT molecular complexity index is 871. The molecule has 8 nitrogen and oxygen atoms in total. The molecular weight excluding hydrogens is 370 g/mol. The monoisotopic (exact) mass is 395 g/mol. The molecular formula is C18H25N3O5S. The number of hydrogen-bond acceptors (Lipinski definition) is 6. The van der Waals surface area contributed by atoms with Crippen LogP contribution in [0.2, 0.25) is 0 Å². The lowest BCUT2D eigenvalue weighted by Crippen LogP contribution is -2.46. The Morgan fingerprint density at radius 1 is 1.26 bits per heavy atom. The Labute approximate surface area is 159 Å². The highest BCUT2D eigenvalue weighted by atomic mass is 32.2. The van der Waals surface area contributed by atoms with Crippen LogP contribution in [0.5, 0.6) is 5.75 Å². The molecule has 2 aromatic rings. The molecule has 0 saturated carbocycles. The van der Waals surface area contributed by atoms with Crippen LogP contribution in [0.1, 0.15) is 23.9 Å². The van der Waals surface area contributed by atoms with Crippen LogP contribution in [0.15, 0.2) is 33.7 Å². The van der Waals surface area contributed by atoms with Crippen molar-refractivity contribution in [2.45, 2.75) is 38.6 Å². The van der Waals surface area contributed by atoms with Crippen LogP contribution in [0, 0.1) is 20.8 Å². The van der Waals surface area contributed by atoms with Crippen LogP contribution in [0.25, 0.3) is 0 Å². The van der Waals surface area contributed by atoms with Gasteiger partial charge in [-0.25, -0.2) is 8.42 Å². The predicted octanol–water partition coefficient (Wildman–Crippen LogP) is 1.80. The highest BCUT2D eigenvalue weighted by Crippen LogP contribution is 2.19. The standard InChI is InChI=1S/C18H25N3O5S/c1-12-6-8-16(9-7-12)25-11-10-21(5)18(22)14(3)20-27(23,24)17-13(2)19-26-15(17)4/h6-9,14,20H,10-11H2,1-5H3/t14-/m0/s1. The average molecular weight is 395 g/mol. The van der Waals surface area contributed by atoms with Crippen molar-refractivity contribution < 1.29 is 22.5 Å². The van der Waals surface area contributed by atoms with Gasteiger partial charge in [-0.15, -0.1) is 0 Å². The second-order valence-corrected chi connectivity index (χ2v) is 8.07. The van der Waals surface area contributed by atoms with Crippen molar-refractivity contribution in [1.29, 1.82) is 0 Å². The van der Waals surface area contributed by atoms with Crippen LogP contribution in [-0.4, -0.2) is 50.6 Å². The minimum atomic E-state index is -3.91. The molecule has 148 valence electrons. The van der Waals surface area contributed by atoms with E-state index in [9.17, 15) is 13.2 Å². The Balaban J connectivity index is 1.91. The van der Waals surface area contributed by atoms with Crippen molar-refractivity contribution in [1.82, 2.24) is 14.8 Å². The molecule has 0 aliphatic carbocycles. The lowest BCUT2D eigenvalue weighted by Gasteiger charge is -2.22. The summed E-state index contributed by atoms with van der Waals surface area (Å²) in [7, 11) is -2.31. The maximum atomic E-state index is 12.5. The van der Waals surface area contributed by atoms with E-state index in [0.29, 0.717) is 18.9 Å². The quantitative estimate of drug-likeness (QED) is 0.731. The number of aromatic nitrogens is 1. The number of hydrogen-bond donors (Lipinski definition) is 1. The lowest BCUT2D eigenvalue weighted by molar-refractivity contribution is -0.131. The van der Waals surface area contributed by atoms with Crippen molar-refractivity contribution in [3.63, 3.8) is 0 Å². The van der Waals surface area contributed by atoms with Gasteiger partial charge in [0.2, 0.25) is 15.9 Å². The summed E-state index contributed by atoms with van der Waals surface area (Å²) in [5.74, 6) is 0.533. The van der Waals surface area contributed by atoms with E-state index in [2.05, 4.69) is 9.88 Å². The summed E-state index contributed by atoms with van der Waals surface area (Å²) in [6.07, 6.45) is 0. The predicted molar refractivity (Wildman–Crippen MR) is 100 cm³/mol. The summed E-state index contributed by atoms with van der Waals surface area (Å²) in [6, 6.07) is 6.66. The van der Waals surface area contributed by atoms with Crippen molar-refractivity contribution in [3.8, 4) is 5.75 Å². The van der Waals surface area contributed by atoms with Gasteiger partial charge in [-0.05, 0) is 39.8 Å². The average Bonchev–Trinajstić information content (AvgIpc) is 2.94. The van der Waals surface area contributed by atoms with Crippen molar-refractivity contribution in [2.24, 2.45) is 0 Å². The number of likely N-dealkylation sites (N-methyl/N-ethyl adjacent to an activating group) is 1. The third-order valence-electron chi connectivity index (χ3n) is 4.03. The summed E-state index contributed by atoms with van der Waals surface area (Å²) < 4.78 is 37.9. The van der Waals surface area contributed by atoms with Gasteiger partial charge in [0.05, 0.1) is 12.6 Å². The fourth-order valence-corrected chi connectivity index (χ4v) is 4.10. The zero-order valence-electron chi connectivity index (χ0n) is 16.1. The molecule has 2 rings (SSSR count). The van der Waals surface area contributed by atoms with E-state index >= 15 is 0 Å². The molecule has 27 heavy (non-hydrogen) atoms. The molecule has 9 heteroatoms. The van der Waals surface area contributed by atoms with E-state index in [1.54, 1.807) is 7.05 Å². The second-order valence-electron chi connectivity index (χ2n) is 6.42. The number of rotatable bonds is 8. The van der Waals surface area contributed by atoms with Crippen molar-refractivity contribution in [2.75, 3.05) is 20.2 Å². The van der Waals surface area contributed by atoms with E-state index in [4.69, 9.17) is 9.26 Å². The van der Waals surface area contributed by atoms with Gasteiger partial charge < -0.3 is 14.2 Å². The first-order valence-electron chi connectivity index (χ1n) is 8.51. The second kappa shape index (κ2) is 8.53. The van der Waals surface area contributed by atoms with E-state index in [0.717, 1.165) is 5.56 Å². The molecule has 1 aromatic carbocycles. The smallest absolute Gasteiger partial charge is 0.246 e. The molecule has 1 aromatic heterocycles. The summed E-state index contributed by atoms with van der Waals surface area (Å²) in [5.41, 5.74) is 1.38. The number of carbonyl (C=O) groups excluding carboxylic acids is 1. The molecule has 1 atom stereocenters. The minimum absolute atomic E-state index is 0.0347. The Kier molecular flexibility index (Phi) is 6.61. The van der Waals surface area contributed by atoms with Gasteiger partial charge in [0.15, 0.2) is 5.76 Å². The maximum Gasteiger partial charge on any atom is 0.246 e. The van der Waals surface area contributed by atoms with Crippen LogP contribution < -0.4 is 9.46 Å². The molecule has 1 N–H and O–H groups in total. The highest BCUT2D eigenvalue weighted by molar-refractivity contribution is 7.89. The maximum absolute atomic E-state index is 12.5. The van der Waals surface area contributed by atoms with Crippen LogP contribution in [0.3, 0.4) is 0 Å². The number of amides is 1. The first-order valence-corrected chi connectivity index (χ1v) is 10.00. The molecule has 0 bridgehead atoms. The molecule has 0 radical (unpaired) electrons. The van der Waals surface area contributed by atoms with Gasteiger partial charge in [-0.2, -0.15) is 4.72 Å². The lowest BCUT2D eigenvalue weighted by atomic mass is 10.2. The van der Waals surface area contributed by atoms with Crippen LogP contribution >= 0.6 is 0 Å². The highest BCUT2D eigenvalue weighted by Gasteiger charge is 2.29. The fraction of sp³-hybridized carbons (Fsp3) is 0.444. The molecule has 0 fully saturated rings. The number of nitrogens with one attached hydrogen (secondary N) is 1. The Hall–Kier alpha value is -2.39. The zero-order chi connectivity index (χ0) is 20.2. The van der Waals surface area contributed by atoms with Crippen molar-refractivity contribution >= 4 is 15.9 Å². The third kappa shape index (κ3) is 5.30. The van der Waals surface area contributed by atoms with E-state index < -0.39 is 16.1 Å². The van der Waals surface area contributed by atoms with E-state index in [-0.39, 0.29) is 22.3 Å². The SMILES string of the molecule is Cc1ccc(OCCN(C)C(=O)[C@H](C)NS(=O)(=O)c2c(C)noc2C)cc1. The third-order valence-corrected chi connectivity index (χ3v) is 5.82. The van der Waals surface area contributed by atoms with Gasteiger partial charge in [-0.3, -0.25) is 4.79 Å². The summed E-state index contributed by atoms with van der Waals surface area (Å²) >= 11 is 0. The van der Waals surface area contributed by atoms with Crippen LogP contribution in [0.4, 0.5) is 0 Å². The first kappa shape index (κ1) is 20.9. The van der Waals surface area contributed by atoms with Gasteiger partial charge in [0.1, 0.15) is 22.9 Å². The number of aryl methyl sites for hydroxylation is 3. The summed E-state index contributed by atoms with van der Waals surface area (Å²) in [5, 5.41) is 3.64. The van der Waals surface area contributed by atoms with Gasteiger partial charge in [0, 0.05) is 7.05 Å². The topological polar surface area (TPSA) is 102 Å². The van der Waals surface area contributed by atoms with Gasteiger partial charge in [-0.1, -0.05) is 22.9 Å². The molecule has 0 spiro atoms. The van der Waals surface area contributed by atoms with Crippen molar-refractivity contribution in [3.05, 3.63) is 41.3 Å². The molecule has 0 aliphatic rings. The van der Waals surface area contributed by atoms with Crippen LogP contribution in [-0.2, 0) is 14.8 Å². The fourth-order valence-electron chi connectivity index (χ4n) is 2.58. The molecule has 1 heterocycles. The number of nitrogens with zero attached hydrogens (tertiary/aromatic N) is 2. The van der Waals surface area contributed by atoms with Gasteiger partial charge in [0.25, 0.3) is 0 Å². The largest absolute Gasteiger partial charge is 0.492 e. The molecule has 0 aliphatic heterocycles. The van der Waals surface area contributed by atoms with E-state index in [1.165, 1.54) is 25.7 Å². The summed E-state index contributed by atoms with van der Waals surface area (Å²) in [4.78, 5) is 13.8. The summed E-state index contributed by atoms with van der Waals surface area (Å²) in [6.45, 7) is 7.15. The number of ether oxygens (including phenoxy) is 1. The zero-order valence-corrected chi connectivity index (χ0v) is 17.0. The van der Waals surface area contributed by atoms with E-state index in [1.807, 2.05) is 31.2 Å².